The number of fused-ring (bicyclic) bond motifs is 2. The summed E-state index contributed by atoms with van der Waals surface area (Å²) in [6, 6.07) is 10.4. The van der Waals surface area contributed by atoms with Gasteiger partial charge < -0.3 is 13.6 Å². The molecule has 276 valence electrons. The average Bonchev–Trinajstić information content (AvgIpc) is 3.10. The van der Waals surface area contributed by atoms with Crippen molar-refractivity contribution in [3.05, 3.63) is 127 Å². The van der Waals surface area contributed by atoms with E-state index in [2.05, 4.69) is 28.9 Å². The molecule has 0 saturated heterocycles. The fraction of sp³-hybridized carbons (Fsp3) is 0.176. The van der Waals surface area contributed by atoms with Crippen LogP contribution in [0.1, 0.15) is 33.4 Å². The van der Waals surface area contributed by atoms with Crippen LogP contribution in [0.5, 0.6) is 11.5 Å². The SMILES string of the molecule is CNS(=O)(=O)Nc1cc(Cc2c(C)c3cc(F)c(Oc4cc5oc(=O)c(Cc6ccnc(NS(=O)(=O)NC)c6)c(C)c5cc4F)cc3oc2=O)ccn1. The van der Waals surface area contributed by atoms with Gasteiger partial charge in [0, 0.05) is 73.4 Å². The van der Waals surface area contributed by atoms with Gasteiger partial charge in [-0.1, -0.05) is 0 Å². The summed E-state index contributed by atoms with van der Waals surface area (Å²) < 4.78 is 104. The van der Waals surface area contributed by atoms with Gasteiger partial charge in [-0.25, -0.2) is 37.8 Å². The molecule has 0 radical (unpaired) electrons. The van der Waals surface area contributed by atoms with Gasteiger partial charge in [-0.3, -0.25) is 9.44 Å². The maximum Gasteiger partial charge on any atom is 0.340 e. The fourth-order valence-electron chi connectivity index (χ4n) is 5.53. The van der Waals surface area contributed by atoms with E-state index in [4.69, 9.17) is 13.6 Å². The van der Waals surface area contributed by atoms with E-state index >= 15 is 8.78 Å². The zero-order chi connectivity index (χ0) is 38.2. The normalized spacial score (nSPS) is 12.0. The van der Waals surface area contributed by atoms with E-state index in [0.29, 0.717) is 22.3 Å². The monoisotopic (exact) mass is 768 g/mol. The summed E-state index contributed by atoms with van der Waals surface area (Å²) in [6.07, 6.45) is 2.75. The zero-order valence-electron chi connectivity index (χ0n) is 28.3. The number of aryl methyl sites for hydroxylation is 2. The lowest BCUT2D eigenvalue weighted by molar-refractivity contribution is 0.413. The van der Waals surface area contributed by atoms with E-state index in [-0.39, 0.29) is 57.5 Å². The van der Waals surface area contributed by atoms with Crippen molar-refractivity contribution in [1.29, 1.82) is 0 Å². The summed E-state index contributed by atoms with van der Waals surface area (Å²) in [5, 5.41) is 0.479. The van der Waals surface area contributed by atoms with Gasteiger partial charge in [0.15, 0.2) is 23.1 Å². The van der Waals surface area contributed by atoms with Crippen molar-refractivity contribution in [3.8, 4) is 11.5 Å². The van der Waals surface area contributed by atoms with Crippen molar-refractivity contribution in [2.24, 2.45) is 0 Å². The van der Waals surface area contributed by atoms with Crippen molar-refractivity contribution in [3.63, 3.8) is 0 Å². The second-order valence-corrected chi connectivity index (χ2v) is 15.0. The van der Waals surface area contributed by atoms with Crippen LogP contribution in [0.25, 0.3) is 21.9 Å². The van der Waals surface area contributed by atoms with E-state index in [1.54, 1.807) is 26.0 Å². The lowest BCUT2D eigenvalue weighted by Crippen LogP contribution is -2.26. The first-order chi connectivity index (χ1) is 25.1. The zero-order valence-corrected chi connectivity index (χ0v) is 30.0. The van der Waals surface area contributed by atoms with Crippen molar-refractivity contribution < 1.29 is 39.2 Å². The van der Waals surface area contributed by atoms with Gasteiger partial charge in [0.2, 0.25) is 0 Å². The number of hydrogen-bond donors (Lipinski definition) is 4. The van der Waals surface area contributed by atoms with Crippen LogP contribution in [-0.4, -0.2) is 40.9 Å². The van der Waals surface area contributed by atoms with E-state index in [0.717, 1.165) is 24.3 Å². The Bertz CT molecular complexity index is 2590. The molecule has 4 N–H and O–H groups in total. The molecule has 2 aromatic carbocycles. The fourth-order valence-corrected chi connectivity index (χ4v) is 6.51. The van der Waals surface area contributed by atoms with E-state index in [1.165, 1.54) is 38.6 Å². The molecule has 4 heterocycles. The van der Waals surface area contributed by atoms with Gasteiger partial charge in [-0.05, 0) is 72.5 Å². The predicted molar refractivity (Wildman–Crippen MR) is 192 cm³/mol. The summed E-state index contributed by atoms with van der Waals surface area (Å²) in [6.45, 7) is 3.20. The third kappa shape index (κ3) is 8.02. The number of nitrogens with zero attached hydrogens (tertiary/aromatic N) is 2. The van der Waals surface area contributed by atoms with Gasteiger partial charge in [0.05, 0.1) is 0 Å². The van der Waals surface area contributed by atoms with E-state index < -0.39 is 54.8 Å². The van der Waals surface area contributed by atoms with E-state index in [1.807, 2.05) is 0 Å². The molecule has 0 aliphatic rings. The molecule has 0 aliphatic heterocycles. The molecule has 6 aromatic rings. The van der Waals surface area contributed by atoms with Crippen LogP contribution in [-0.2, 0) is 33.3 Å². The second-order valence-electron chi connectivity index (χ2n) is 11.7. The number of anilines is 2. The highest BCUT2D eigenvalue weighted by Crippen LogP contribution is 2.35. The molecule has 0 atom stereocenters. The first kappa shape index (κ1) is 37.0. The summed E-state index contributed by atoms with van der Waals surface area (Å²) in [5.74, 6) is -2.73. The molecule has 0 fully saturated rings. The van der Waals surface area contributed by atoms with Gasteiger partial charge in [0.25, 0.3) is 20.4 Å². The van der Waals surface area contributed by atoms with E-state index in [9.17, 15) is 26.4 Å². The number of pyridine rings is 2. The molecule has 0 spiro atoms. The number of aromatic nitrogens is 2. The van der Waals surface area contributed by atoms with Crippen LogP contribution in [0.2, 0.25) is 0 Å². The Morgan fingerprint density at radius 1 is 0.660 bits per heavy atom. The quantitative estimate of drug-likeness (QED) is 0.129. The van der Waals surface area contributed by atoms with Crippen LogP contribution in [0.15, 0.2) is 79.3 Å². The highest BCUT2D eigenvalue weighted by atomic mass is 32.2. The molecule has 6 rings (SSSR count). The highest BCUT2D eigenvalue weighted by molar-refractivity contribution is 7.91. The summed E-state index contributed by atoms with van der Waals surface area (Å²) >= 11 is 0. The molecule has 19 heteroatoms. The maximum absolute atomic E-state index is 15.5. The Labute approximate surface area is 300 Å². The third-order valence-corrected chi connectivity index (χ3v) is 10.4. The van der Waals surface area contributed by atoms with Crippen molar-refractivity contribution in [1.82, 2.24) is 19.4 Å². The van der Waals surface area contributed by atoms with Crippen LogP contribution < -0.4 is 34.9 Å². The summed E-state index contributed by atoms with van der Waals surface area (Å²) in [4.78, 5) is 34.1. The lowest BCUT2D eigenvalue weighted by Gasteiger charge is -2.13. The summed E-state index contributed by atoms with van der Waals surface area (Å²) in [5.41, 5.74) is 0.624. The molecule has 0 saturated carbocycles. The number of halogens is 2. The Morgan fingerprint density at radius 3 is 1.43 bits per heavy atom. The Balaban J connectivity index is 1.28. The van der Waals surface area contributed by atoms with Crippen molar-refractivity contribution in [2.75, 3.05) is 23.5 Å². The average molecular weight is 769 g/mol. The van der Waals surface area contributed by atoms with Crippen LogP contribution >= 0.6 is 0 Å². The minimum atomic E-state index is -3.83. The highest BCUT2D eigenvalue weighted by Gasteiger charge is 2.20. The number of rotatable bonds is 12. The lowest BCUT2D eigenvalue weighted by atomic mass is 10.00. The van der Waals surface area contributed by atoms with Crippen LogP contribution in [0, 0.1) is 25.5 Å². The van der Waals surface area contributed by atoms with Gasteiger partial charge in [-0.15, -0.1) is 0 Å². The minimum absolute atomic E-state index is 0.0111. The molecule has 0 bridgehead atoms. The first-order valence-electron chi connectivity index (χ1n) is 15.6. The summed E-state index contributed by atoms with van der Waals surface area (Å²) in [7, 11) is -5.21. The third-order valence-electron chi connectivity index (χ3n) is 8.33. The second kappa shape index (κ2) is 14.3. The first-order valence-corrected chi connectivity index (χ1v) is 18.5. The maximum atomic E-state index is 15.5. The molecule has 0 unspecified atom stereocenters. The molecule has 53 heavy (non-hydrogen) atoms. The standard InChI is InChI=1S/C34H30F2N6O9S2/c1-17-21-13-25(35)29(15-27(21)50-33(43)23(17)9-19-5-7-39-31(11-19)41-52(45,46)37-3)49-30-16-28-22(14-26(30)36)18(2)24(34(44)51-28)10-20-6-8-40-32(12-20)42-53(47,48)38-4/h5-8,11-16,37-38H,9-10H2,1-4H3,(H,39,41)(H,40,42). The molecule has 15 nitrogen and oxygen atoms in total. The minimum Gasteiger partial charge on any atom is -0.451 e. The molecular weight excluding hydrogens is 739 g/mol. The molecule has 0 aliphatic carbocycles. The van der Waals surface area contributed by atoms with Gasteiger partial charge in [0.1, 0.15) is 22.8 Å². The number of hydrogen-bond acceptors (Lipinski definition) is 11. The Hall–Kier alpha value is -5.76. The number of benzene rings is 2. The predicted octanol–water partition coefficient (Wildman–Crippen LogP) is 4.31. The van der Waals surface area contributed by atoms with Crippen LogP contribution in [0.4, 0.5) is 20.4 Å². The molecular formula is C34H30F2N6O9S2. The number of ether oxygens (including phenoxy) is 1. The largest absolute Gasteiger partial charge is 0.451 e. The van der Waals surface area contributed by atoms with Crippen molar-refractivity contribution in [2.45, 2.75) is 26.7 Å². The Morgan fingerprint density at radius 2 is 1.06 bits per heavy atom. The van der Waals surface area contributed by atoms with Gasteiger partial charge >= 0.3 is 11.3 Å². The molecule has 4 aromatic heterocycles. The smallest absolute Gasteiger partial charge is 0.340 e. The Kier molecular flexibility index (Phi) is 10.0. The topological polar surface area (TPSA) is 212 Å². The van der Waals surface area contributed by atoms with Gasteiger partial charge in [-0.2, -0.15) is 16.8 Å². The van der Waals surface area contributed by atoms with Crippen molar-refractivity contribution >= 4 is 54.0 Å². The number of nitrogens with one attached hydrogen (secondary N) is 4. The molecule has 0 amide bonds. The van der Waals surface area contributed by atoms with Crippen LogP contribution in [0.3, 0.4) is 0 Å².